The first-order valence-corrected chi connectivity index (χ1v) is 7.91. The van der Waals surface area contributed by atoms with Crippen molar-refractivity contribution in [1.82, 2.24) is 15.6 Å². The number of fused-ring (bicyclic) bond motifs is 1. The summed E-state index contributed by atoms with van der Waals surface area (Å²) in [5, 5.41) is 6.05. The van der Waals surface area contributed by atoms with E-state index >= 15 is 0 Å². The molecule has 1 heterocycles. The van der Waals surface area contributed by atoms with Gasteiger partial charge in [-0.05, 0) is 26.0 Å². The number of aromatic nitrogens is 1. The topological polar surface area (TPSA) is 80.3 Å². The average molecular weight is 321 g/mol. The number of ether oxygens (including phenoxy) is 1. The highest BCUT2D eigenvalue weighted by molar-refractivity contribution is 7.18. The van der Waals surface area contributed by atoms with Crippen LogP contribution in [0.2, 0.25) is 0 Å². The van der Waals surface area contributed by atoms with E-state index in [4.69, 9.17) is 4.74 Å². The van der Waals surface area contributed by atoms with Crippen molar-refractivity contribution in [1.29, 1.82) is 0 Å². The molecule has 6 nitrogen and oxygen atoms in total. The van der Waals surface area contributed by atoms with E-state index in [0.717, 1.165) is 15.2 Å². The van der Waals surface area contributed by atoms with Crippen LogP contribution in [0.15, 0.2) is 24.3 Å². The second kappa shape index (κ2) is 7.86. The molecule has 2 aromatic rings. The molecule has 1 aromatic carbocycles. The molecule has 2 amide bonds. The van der Waals surface area contributed by atoms with E-state index in [2.05, 4.69) is 15.6 Å². The molecular formula is C15H19N3O3S. The fraction of sp³-hybridized carbons (Fsp3) is 0.400. The minimum atomic E-state index is -0.571. The smallest absolute Gasteiger partial charge is 0.246 e. The molecular weight excluding hydrogens is 302 g/mol. The van der Waals surface area contributed by atoms with E-state index in [1.807, 2.05) is 31.2 Å². The maximum Gasteiger partial charge on any atom is 0.246 e. The summed E-state index contributed by atoms with van der Waals surface area (Å²) in [6, 6.07) is 7.26. The third-order valence-electron chi connectivity index (χ3n) is 2.92. The van der Waals surface area contributed by atoms with Gasteiger partial charge in [0.15, 0.2) is 0 Å². The lowest BCUT2D eigenvalue weighted by atomic mass is 10.3. The summed E-state index contributed by atoms with van der Waals surface area (Å²) in [4.78, 5) is 27.6. The number of nitrogens with one attached hydrogen (secondary N) is 2. The molecule has 118 valence electrons. The summed E-state index contributed by atoms with van der Waals surface area (Å²) in [5.41, 5.74) is 0.931. The largest absolute Gasteiger partial charge is 0.364 e. The third-order valence-corrected chi connectivity index (χ3v) is 3.93. The second-order valence-corrected chi connectivity index (χ2v) is 5.87. The van der Waals surface area contributed by atoms with Gasteiger partial charge in [-0.15, -0.1) is 11.3 Å². The number of hydrogen-bond donors (Lipinski definition) is 2. The van der Waals surface area contributed by atoms with Crippen LogP contribution in [0.3, 0.4) is 0 Å². The van der Waals surface area contributed by atoms with E-state index in [0.29, 0.717) is 6.54 Å². The molecule has 0 aliphatic heterocycles. The molecule has 0 radical (unpaired) electrons. The van der Waals surface area contributed by atoms with E-state index in [9.17, 15) is 9.59 Å². The van der Waals surface area contributed by atoms with Gasteiger partial charge in [-0.25, -0.2) is 4.98 Å². The fourth-order valence-corrected chi connectivity index (χ4v) is 2.79. The number of amides is 2. The lowest BCUT2D eigenvalue weighted by Gasteiger charge is -2.13. The Morgan fingerprint density at radius 1 is 1.36 bits per heavy atom. The predicted molar refractivity (Wildman–Crippen MR) is 85.6 cm³/mol. The van der Waals surface area contributed by atoms with Gasteiger partial charge in [0.05, 0.1) is 16.8 Å². The van der Waals surface area contributed by atoms with Gasteiger partial charge >= 0.3 is 0 Å². The number of carbonyl (C=O) groups is 2. The van der Waals surface area contributed by atoms with Crippen molar-refractivity contribution in [3.63, 3.8) is 0 Å². The Bertz CT molecular complexity index is 623. The Hall–Kier alpha value is -1.99. The molecule has 0 aliphatic carbocycles. The Morgan fingerprint density at radius 3 is 2.86 bits per heavy atom. The molecule has 1 atom stereocenters. The fourth-order valence-electron chi connectivity index (χ4n) is 1.89. The summed E-state index contributed by atoms with van der Waals surface area (Å²) in [7, 11) is 0. The number of carbonyl (C=O) groups excluding carboxylic acids is 2. The van der Waals surface area contributed by atoms with Crippen molar-refractivity contribution in [2.24, 2.45) is 0 Å². The normalized spacial score (nSPS) is 12.1. The van der Waals surface area contributed by atoms with Gasteiger partial charge in [0.25, 0.3) is 0 Å². The Kier molecular flexibility index (Phi) is 5.85. The number of benzene rings is 1. The van der Waals surface area contributed by atoms with Crippen LogP contribution in [0.1, 0.15) is 18.9 Å². The average Bonchev–Trinajstić information content (AvgIpc) is 2.90. The van der Waals surface area contributed by atoms with Crippen LogP contribution >= 0.6 is 11.3 Å². The highest BCUT2D eigenvalue weighted by atomic mass is 32.1. The van der Waals surface area contributed by atoms with Crippen LogP contribution in [0.5, 0.6) is 0 Å². The van der Waals surface area contributed by atoms with Crippen LogP contribution in [-0.4, -0.2) is 36.0 Å². The molecule has 0 aliphatic rings. The summed E-state index contributed by atoms with van der Waals surface area (Å²) >= 11 is 1.54. The van der Waals surface area contributed by atoms with Crippen LogP contribution < -0.4 is 10.6 Å². The van der Waals surface area contributed by atoms with Crippen molar-refractivity contribution in [3.05, 3.63) is 29.3 Å². The van der Waals surface area contributed by atoms with Crippen molar-refractivity contribution in [2.45, 2.75) is 26.5 Å². The SMILES string of the molecule is CCNC(=O)[C@H](C)NC(=O)COCc1nc2ccccc2s1. The number of rotatable bonds is 7. The number of likely N-dealkylation sites (N-methyl/N-ethyl adjacent to an activating group) is 1. The second-order valence-electron chi connectivity index (χ2n) is 4.75. The van der Waals surface area contributed by atoms with Gasteiger partial charge in [0, 0.05) is 6.54 Å². The first-order valence-electron chi connectivity index (χ1n) is 7.09. The van der Waals surface area contributed by atoms with Crippen LogP contribution in [0.25, 0.3) is 10.2 Å². The maximum atomic E-state index is 11.7. The third kappa shape index (κ3) is 4.51. The molecule has 7 heteroatoms. The molecule has 0 fully saturated rings. The van der Waals surface area contributed by atoms with Gasteiger partial charge in [0.1, 0.15) is 17.7 Å². The molecule has 1 aromatic heterocycles. The van der Waals surface area contributed by atoms with Gasteiger partial charge in [-0.3, -0.25) is 9.59 Å². The molecule has 0 bridgehead atoms. The Balaban J connectivity index is 1.76. The highest BCUT2D eigenvalue weighted by Crippen LogP contribution is 2.21. The molecule has 2 rings (SSSR count). The van der Waals surface area contributed by atoms with Crippen molar-refractivity contribution < 1.29 is 14.3 Å². The summed E-state index contributed by atoms with van der Waals surface area (Å²) in [6.07, 6.45) is 0. The molecule has 0 unspecified atom stereocenters. The lowest BCUT2D eigenvalue weighted by Crippen LogP contribution is -2.45. The lowest BCUT2D eigenvalue weighted by molar-refractivity contribution is -0.131. The summed E-state index contributed by atoms with van der Waals surface area (Å²) in [5.74, 6) is -0.526. The number of thiazole rings is 1. The monoisotopic (exact) mass is 321 g/mol. The van der Waals surface area contributed by atoms with Crippen LogP contribution in [-0.2, 0) is 20.9 Å². The number of nitrogens with zero attached hydrogens (tertiary/aromatic N) is 1. The van der Waals surface area contributed by atoms with E-state index in [-0.39, 0.29) is 25.0 Å². The van der Waals surface area contributed by atoms with Gasteiger partial charge in [-0.1, -0.05) is 12.1 Å². The number of para-hydroxylation sites is 1. The Morgan fingerprint density at radius 2 is 2.14 bits per heavy atom. The van der Waals surface area contributed by atoms with E-state index < -0.39 is 6.04 Å². The molecule has 0 saturated carbocycles. The zero-order valence-corrected chi connectivity index (χ0v) is 13.4. The molecule has 0 saturated heterocycles. The van der Waals surface area contributed by atoms with Crippen molar-refractivity contribution in [3.8, 4) is 0 Å². The zero-order valence-electron chi connectivity index (χ0n) is 12.6. The van der Waals surface area contributed by atoms with E-state index in [1.165, 1.54) is 0 Å². The van der Waals surface area contributed by atoms with Gasteiger partial charge in [0.2, 0.25) is 11.8 Å². The maximum absolute atomic E-state index is 11.7. The number of hydrogen-bond acceptors (Lipinski definition) is 5. The van der Waals surface area contributed by atoms with Gasteiger partial charge < -0.3 is 15.4 Å². The minimum absolute atomic E-state index is 0.0975. The highest BCUT2D eigenvalue weighted by Gasteiger charge is 2.14. The first-order chi connectivity index (χ1) is 10.6. The molecule has 0 spiro atoms. The first kappa shape index (κ1) is 16.4. The van der Waals surface area contributed by atoms with Crippen molar-refractivity contribution >= 4 is 33.4 Å². The zero-order chi connectivity index (χ0) is 15.9. The molecule has 2 N–H and O–H groups in total. The molecule has 22 heavy (non-hydrogen) atoms. The van der Waals surface area contributed by atoms with Gasteiger partial charge in [-0.2, -0.15) is 0 Å². The Labute approximate surface area is 132 Å². The summed E-state index contributed by atoms with van der Waals surface area (Å²) < 4.78 is 6.45. The summed E-state index contributed by atoms with van der Waals surface area (Å²) in [6.45, 7) is 4.18. The van der Waals surface area contributed by atoms with Crippen LogP contribution in [0.4, 0.5) is 0 Å². The predicted octanol–water partition coefficient (Wildman–Crippen LogP) is 1.45. The van der Waals surface area contributed by atoms with E-state index in [1.54, 1.807) is 18.3 Å². The quantitative estimate of drug-likeness (QED) is 0.809. The minimum Gasteiger partial charge on any atom is -0.364 e. The van der Waals surface area contributed by atoms with Crippen molar-refractivity contribution in [2.75, 3.05) is 13.2 Å². The van der Waals surface area contributed by atoms with Crippen LogP contribution in [0, 0.1) is 0 Å². The standard InChI is InChI=1S/C15H19N3O3S/c1-3-16-15(20)10(2)17-13(19)8-21-9-14-18-11-6-4-5-7-12(11)22-14/h4-7,10H,3,8-9H2,1-2H3,(H,16,20)(H,17,19)/t10-/m0/s1.